The quantitative estimate of drug-likeness (QED) is 0.501. The van der Waals surface area contributed by atoms with Crippen molar-refractivity contribution in [3.63, 3.8) is 0 Å². The largest absolute Gasteiger partial charge is 0.0996 e. The molecular weight excluding hydrogens is 180 g/mol. The Morgan fingerprint density at radius 2 is 2.07 bits per heavy atom. The van der Waals surface area contributed by atoms with Crippen LogP contribution in [0.5, 0.6) is 0 Å². The first-order valence-electron chi connectivity index (χ1n) is 6.34. The predicted octanol–water partition coefficient (Wildman–Crippen LogP) is 4.73. The summed E-state index contributed by atoms with van der Waals surface area (Å²) in [6.45, 7) is 11.4. The molecule has 0 aromatic carbocycles. The molecule has 1 saturated carbocycles. The van der Waals surface area contributed by atoms with E-state index in [4.69, 9.17) is 0 Å². The van der Waals surface area contributed by atoms with Gasteiger partial charge in [-0.15, -0.1) is 0 Å². The first-order valence-corrected chi connectivity index (χ1v) is 6.34. The SMILES string of the molecule is C=C1CCC=C(C)CC[C@H]2C1CC2(C)C. The van der Waals surface area contributed by atoms with Crippen LogP contribution in [0.4, 0.5) is 0 Å². The minimum Gasteiger partial charge on any atom is -0.0996 e. The molecule has 0 bridgehead atoms. The van der Waals surface area contributed by atoms with Crippen molar-refractivity contribution < 1.29 is 0 Å². The highest BCUT2D eigenvalue weighted by Crippen LogP contribution is 2.56. The molecule has 0 radical (unpaired) electrons. The van der Waals surface area contributed by atoms with Gasteiger partial charge in [-0.2, -0.15) is 0 Å². The van der Waals surface area contributed by atoms with Gasteiger partial charge in [0.25, 0.3) is 0 Å². The van der Waals surface area contributed by atoms with Crippen molar-refractivity contribution in [2.45, 2.75) is 52.9 Å². The molecule has 0 saturated heterocycles. The van der Waals surface area contributed by atoms with Gasteiger partial charge >= 0.3 is 0 Å². The lowest BCUT2D eigenvalue weighted by molar-refractivity contribution is 0.00384. The molecule has 2 atom stereocenters. The first kappa shape index (κ1) is 11.0. The van der Waals surface area contributed by atoms with Crippen LogP contribution in [0.2, 0.25) is 0 Å². The molecule has 0 N–H and O–H groups in total. The molecule has 0 heterocycles. The average Bonchev–Trinajstić information content (AvgIpc) is 2.18. The Hall–Kier alpha value is -0.520. The van der Waals surface area contributed by atoms with Gasteiger partial charge in [0.15, 0.2) is 0 Å². The van der Waals surface area contributed by atoms with Gasteiger partial charge in [0.1, 0.15) is 0 Å². The monoisotopic (exact) mass is 204 g/mol. The molecule has 0 heteroatoms. The molecular formula is C15H24. The van der Waals surface area contributed by atoms with Crippen LogP contribution < -0.4 is 0 Å². The minimum atomic E-state index is 0.568. The van der Waals surface area contributed by atoms with E-state index in [0.717, 1.165) is 11.8 Å². The molecule has 0 nitrogen and oxygen atoms in total. The summed E-state index contributed by atoms with van der Waals surface area (Å²) in [6, 6.07) is 0. The third-order valence-electron chi connectivity index (χ3n) is 4.57. The smallest absolute Gasteiger partial charge is 0.0167 e. The number of rotatable bonds is 0. The second kappa shape index (κ2) is 3.81. The number of hydrogen-bond acceptors (Lipinski definition) is 0. The summed E-state index contributed by atoms with van der Waals surface area (Å²) in [5.41, 5.74) is 3.68. The third-order valence-corrected chi connectivity index (χ3v) is 4.57. The summed E-state index contributed by atoms with van der Waals surface area (Å²) in [6.07, 6.45) is 8.90. The molecule has 1 unspecified atom stereocenters. The fourth-order valence-electron chi connectivity index (χ4n) is 3.44. The first-order chi connectivity index (χ1) is 7.00. The highest BCUT2D eigenvalue weighted by Gasteiger charge is 2.47. The Labute approximate surface area is 94.5 Å². The molecule has 0 aromatic rings. The predicted molar refractivity (Wildman–Crippen MR) is 66.7 cm³/mol. The highest BCUT2D eigenvalue weighted by atomic mass is 14.5. The van der Waals surface area contributed by atoms with E-state index in [1.54, 1.807) is 5.57 Å². The molecule has 2 rings (SSSR count). The molecule has 0 aromatic heterocycles. The van der Waals surface area contributed by atoms with E-state index in [0.29, 0.717) is 5.41 Å². The van der Waals surface area contributed by atoms with Gasteiger partial charge in [-0.3, -0.25) is 0 Å². The summed E-state index contributed by atoms with van der Waals surface area (Å²) in [7, 11) is 0. The Kier molecular flexibility index (Phi) is 2.79. The summed E-state index contributed by atoms with van der Waals surface area (Å²) in [5.74, 6) is 1.73. The van der Waals surface area contributed by atoms with Crippen LogP contribution in [0.15, 0.2) is 23.8 Å². The van der Waals surface area contributed by atoms with Gasteiger partial charge in [0.05, 0.1) is 0 Å². The van der Waals surface area contributed by atoms with E-state index in [9.17, 15) is 0 Å². The van der Waals surface area contributed by atoms with Crippen LogP contribution in [0.1, 0.15) is 52.9 Å². The maximum atomic E-state index is 4.30. The Balaban J connectivity index is 2.12. The molecule has 84 valence electrons. The van der Waals surface area contributed by atoms with Crippen molar-refractivity contribution >= 4 is 0 Å². The average molecular weight is 204 g/mol. The fraction of sp³-hybridized carbons (Fsp3) is 0.733. The van der Waals surface area contributed by atoms with Gasteiger partial charge in [-0.25, -0.2) is 0 Å². The van der Waals surface area contributed by atoms with Crippen LogP contribution in [-0.4, -0.2) is 0 Å². The maximum Gasteiger partial charge on any atom is -0.0167 e. The van der Waals surface area contributed by atoms with Gasteiger partial charge in [-0.1, -0.05) is 37.6 Å². The van der Waals surface area contributed by atoms with E-state index >= 15 is 0 Å². The van der Waals surface area contributed by atoms with Crippen LogP contribution in [0, 0.1) is 17.3 Å². The van der Waals surface area contributed by atoms with E-state index < -0.39 is 0 Å². The number of fused-ring (bicyclic) bond motifs is 1. The summed E-state index contributed by atoms with van der Waals surface area (Å²) < 4.78 is 0. The molecule has 0 spiro atoms. The van der Waals surface area contributed by atoms with E-state index in [-0.39, 0.29) is 0 Å². The topological polar surface area (TPSA) is 0 Å². The lowest BCUT2D eigenvalue weighted by Gasteiger charge is -2.53. The second-order valence-corrected chi connectivity index (χ2v) is 6.19. The van der Waals surface area contributed by atoms with Crippen molar-refractivity contribution in [1.82, 2.24) is 0 Å². The Morgan fingerprint density at radius 1 is 1.33 bits per heavy atom. The lowest BCUT2D eigenvalue weighted by atomic mass is 9.52. The van der Waals surface area contributed by atoms with E-state index in [1.165, 1.54) is 37.7 Å². The van der Waals surface area contributed by atoms with Crippen LogP contribution >= 0.6 is 0 Å². The van der Waals surface area contributed by atoms with Crippen molar-refractivity contribution in [3.8, 4) is 0 Å². The Morgan fingerprint density at radius 3 is 2.73 bits per heavy atom. The maximum absolute atomic E-state index is 4.30. The molecule has 0 amide bonds. The second-order valence-electron chi connectivity index (χ2n) is 6.19. The zero-order valence-corrected chi connectivity index (χ0v) is 10.5. The van der Waals surface area contributed by atoms with E-state index in [1.807, 2.05) is 0 Å². The van der Waals surface area contributed by atoms with Crippen molar-refractivity contribution in [2.75, 3.05) is 0 Å². The molecule has 0 aliphatic heterocycles. The van der Waals surface area contributed by atoms with Crippen LogP contribution in [0.3, 0.4) is 0 Å². The minimum absolute atomic E-state index is 0.568. The molecule has 2 aliphatic carbocycles. The fourth-order valence-corrected chi connectivity index (χ4v) is 3.44. The zero-order valence-electron chi connectivity index (χ0n) is 10.5. The summed E-state index contributed by atoms with van der Waals surface area (Å²) in [5, 5.41) is 0. The van der Waals surface area contributed by atoms with Crippen molar-refractivity contribution in [1.29, 1.82) is 0 Å². The summed E-state index contributed by atoms with van der Waals surface area (Å²) in [4.78, 5) is 0. The normalized spacial score (nSPS) is 35.4. The van der Waals surface area contributed by atoms with Crippen molar-refractivity contribution in [2.24, 2.45) is 17.3 Å². The van der Waals surface area contributed by atoms with Gasteiger partial charge < -0.3 is 0 Å². The zero-order chi connectivity index (χ0) is 11.1. The molecule has 1 fully saturated rings. The standard InChI is InChI=1S/C15H24/c1-11-6-5-7-12(2)13-10-15(3,4)14(13)9-8-11/h6,13-14H,2,5,7-10H2,1,3-4H3/t13?,14-/m0/s1. The van der Waals surface area contributed by atoms with Crippen molar-refractivity contribution in [3.05, 3.63) is 23.8 Å². The number of allylic oxidation sites excluding steroid dienone is 3. The third kappa shape index (κ3) is 2.04. The van der Waals surface area contributed by atoms with E-state index in [2.05, 4.69) is 33.4 Å². The van der Waals surface area contributed by atoms with Gasteiger partial charge in [0, 0.05) is 0 Å². The molecule has 2 aliphatic rings. The number of hydrogen-bond donors (Lipinski definition) is 0. The lowest BCUT2D eigenvalue weighted by Crippen LogP contribution is -2.44. The highest BCUT2D eigenvalue weighted by molar-refractivity contribution is 5.16. The van der Waals surface area contributed by atoms with Crippen LogP contribution in [0.25, 0.3) is 0 Å². The van der Waals surface area contributed by atoms with Gasteiger partial charge in [-0.05, 0) is 56.3 Å². The summed E-state index contributed by atoms with van der Waals surface area (Å²) >= 11 is 0. The Bertz CT molecular complexity index is 293. The molecule has 15 heavy (non-hydrogen) atoms. The van der Waals surface area contributed by atoms with Gasteiger partial charge in [0.2, 0.25) is 0 Å². The van der Waals surface area contributed by atoms with Crippen LogP contribution in [-0.2, 0) is 0 Å².